The van der Waals surface area contributed by atoms with E-state index in [1.165, 1.54) is 0 Å². The van der Waals surface area contributed by atoms with Gasteiger partial charge in [0, 0.05) is 18.4 Å². The van der Waals surface area contributed by atoms with Gasteiger partial charge in [0.15, 0.2) is 0 Å². The summed E-state index contributed by atoms with van der Waals surface area (Å²) in [7, 11) is 1.95. The van der Waals surface area contributed by atoms with Crippen LogP contribution in [-0.2, 0) is 0 Å². The summed E-state index contributed by atoms with van der Waals surface area (Å²) < 4.78 is 0. The third-order valence-electron chi connectivity index (χ3n) is 1.81. The Morgan fingerprint density at radius 2 is 2.08 bits per heavy atom. The molecule has 0 saturated carbocycles. The SMILES string of the molecule is CC(CBr)N(C)c1ncc(Cl)cn1. The van der Waals surface area contributed by atoms with Crippen LogP contribution < -0.4 is 4.90 Å². The van der Waals surface area contributed by atoms with Crippen LogP contribution in [0.1, 0.15) is 6.92 Å². The second-order valence-corrected chi connectivity index (χ2v) is 3.90. The van der Waals surface area contributed by atoms with Gasteiger partial charge in [0.1, 0.15) is 0 Å². The molecule has 0 aliphatic rings. The second-order valence-electron chi connectivity index (χ2n) is 2.82. The summed E-state index contributed by atoms with van der Waals surface area (Å²) in [6.07, 6.45) is 3.20. The highest BCUT2D eigenvalue weighted by molar-refractivity contribution is 9.09. The van der Waals surface area contributed by atoms with Crippen molar-refractivity contribution in [1.29, 1.82) is 0 Å². The van der Waals surface area contributed by atoms with E-state index < -0.39 is 0 Å². The average molecular weight is 265 g/mol. The van der Waals surface area contributed by atoms with E-state index in [4.69, 9.17) is 11.6 Å². The number of nitrogens with zero attached hydrogens (tertiary/aromatic N) is 3. The summed E-state index contributed by atoms with van der Waals surface area (Å²) in [5.74, 6) is 0.691. The summed E-state index contributed by atoms with van der Waals surface area (Å²) in [5, 5.41) is 1.44. The van der Waals surface area contributed by atoms with Crippen molar-refractivity contribution in [3.63, 3.8) is 0 Å². The van der Waals surface area contributed by atoms with Crippen LogP contribution in [0.5, 0.6) is 0 Å². The molecular weight excluding hydrogens is 253 g/mol. The molecule has 0 amide bonds. The summed E-state index contributed by atoms with van der Waals surface area (Å²) >= 11 is 9.08. The molecule has 0 fully saturated rings. The quantitative estimate of drug-likeness (QED) is 0.785. The molecule has 1 unspecified atom stereocenters. The molecule has 0 N–H and O–H groups in total. The minimum Gasteiger partial charge on any atom is -0.340 e. The van der Waals surface area contributed by atoms with Gasteiger partial charge in [0.05, 0.1) is 17.4 Å². The van der Waals surface area contributed by atoms with Crippen LogP contribution in [0.15, 0.2) is 12.4 Å². The van der Waals surface area contributed by atoms with Crippen molar-refractivity contribution in [2.45, 2.75) is 13.0 Å². The van der Waals surface area contributed by atoms with Gasteiger partial charge in [0.25, 0.3) is 0 Å². The zero-order valence-corrected chi connectivity index (χ0v) is 9.88. The molecule has 0 aromatic carbocycles. The molecular formula is C8H11BrClN3. The van der Waals surface area contributed by atoms with Crippen LogP contribution in [-0.4, -0.2) is 28.4 Å². The number of rotatable bonds is 3. The minimum absolute atomic E-state index is 0.362. The van der Waals surface area contributed by atoms with Crippen molar-refractivity contribution in [2.24, 2.45) is 0 Å². The van der Waals surface area contributed by atoms with Gasteiger partial charge in [-0.15, -0.1) is 0 Å². The smallest absolute Gasteiger partial charge is 0.225 e. The molecule has 72 valence electrons. The first-order chi connectivity index (χ1) is 6.15. The van der Waals surface area contributed by atoms with Crippen molar-refractivity contribution < 1.29 is 0 Å². The molecule has 1 heterocycles. The van der Waals surface area contributed by atoms with E-state index >= 15 is 0 Å². The first-order valence-corrected chi connectivity index (χ1v) is 5.41. The van der Waals surface area contributed by atoms with Crippen LogP contribution in [0.25, 0.3) is 0 Å². The molecule has 0 bridgehead atoms. The Bertz CT molecular complexity index is 265. The van der Waals surface area contributed by atoms with E-state index in [9.17, 15) is 0 Å². The van der Waals surface area contributed by atoms with Gasteiger partial charge in [-0.3, -0.25) is 0 Å². The lowest BCUT2D eigenvalue weighted by molar-refractivity contribution is 0.742. The van der Waals surface area contributed by atoms with Crippen molar-refractivity contribution in [2.75, 3.05) is 17.3 Å². The first kappa shape index (κ1) is 10.7. The van der Waals surface area contributed by atoms with E-state index in [1.54, 1.807) is 12.4 Å². The number of hydrogen-bond donors (Lipinski definition) is 0. The molecule has 3 nitrogen and oxygen atoms in total. The van der Waals surface area contributed by atoms with Crippen LogP contribution in [0.3, 0.4) is 0 Å². The Kier molecular flexibility index (Phi) is 3.93. The summed E-state index contributed by atoms with van der Waals surface area (Å²) in [6.45, 7) is 2.09. The molecule has 0 aliphatic heterocycles. The number of hydrogen-bond acceptors (Lipinski definition) is 3. The Balaban J connectivity index is 2.77. The first-order valence-electron chi connectivity index (χ1n) is 3.91. The van der Waals surface area contributed by atoms with Gasteiger partial charge >= 0.3 is 0 Å². The van der Waals surface area contributed by atoms with Gasteiger partial charge in [-0.05, 0) is 6.92 Å². The fourth-order valence-corrected chi connectivity index (χ4v) is 1.32. The van der Waals surface area contributed by atoms with E-state index in [2.05, 4.69) is 32.8 Å². The van der Waals surface area contributed by atoms with E-state index in [-0.39, 0.29) is 0 Å². The fraction of sp³-hybridized carbons (Fsp3) is 0.500. The number of halogens is 2. The molecule has 1 aromatic heterocycles. The van der Waals surface area contributed by atoms with Crippen LogP contribution in [0.4, 0.5) is 5.95 Å². The Labute approximate surface area is 91.3 Å². The largest absolute Gasteiger partial charge is 0.340 e. The highest BCUT2D eigenvalue weighted by atomic mass is 79.9. The van der Waals surface area contributed by atoms with Crippen molar-refractivity contribution in [3.8, 4) is 0 Å². The summed E-state index contributed by atoms with van der Waals surface area (Å²) in [4.78, 5) is 10.2. The van der Waals surface area contributed by atoms with Crippen molar-refractivity contribution in [3.05, 3.63) is 17.4 Å². The maximum atomic E-state index is 5.68. The van der Waals surface area contributed by atoms with Gasteiger partial charge in [-0.2, -0.15) is 0 Å². The normalized spacial score (nSPS) is 12.6. The third kappa shape index (κ3) is 2.81. The molecule has 0 saturated heterocycles. The van der Waals surface area contributed by atoms with Crippen LogP contribution >= 0.6 is 27.5 Å². The maximum Gasteiger partial charge on any atom is 0.225 e. The van der Waals surface area contributed by atoms with E-state index in [0.717, 1.165) is 5.33 Å². The minimum atomic E-state index is 0.362. The van der Waals surface area contributed by atoms with E-state index in [1.807, 2.05) is 11.9 Å². The maximum absolute atomic E-state index is 5.68. The summed E-state index contributed by atoms with van der Waals surface area (Å²) in [5.41, 5.74) is 0. The molecule has 5 heteroatoms. The number of anilines is 1. The molecule has 1 aromatic rings. The molecule has 0 aliphatic carbocycles. The molecule has 1 atom stereocenters. The predicted octanol–water partition coefficient (Wildman–Crippen LogP) is 2.35. The topological polar surface area (TPSA) is 29.0 Å². The standard InChI is InChI=1S/C8H11BrClN3/c1-6(3-9)13(2)8-11-4-7(10)5-12-8/h4-6H,3H2,1-2H3. The van der Waals surface area contributed by atoms with Gasteiger partial charge in [-0.25, -0.2) is 9.97 Å². The zero-order chi connectivity index (χ0) is 9.84. The number of aromatic nitrogens is 2. The van der Waals surface area contributed by atoms with Crippen molar-refractivity contribution in [1.82, 2.24) is 9.97 Å². The molecule has 0 radical (unpaired) electrons. The van der Waals surface area contributed by atoms with Crippen molar-refractivity contribution >= 4 is 33.5 Å². The molecule has 13 heavy (non-hydrogen) atoms. The van der Waals surface area contributed by atoms with Crippen LogP contribution in [0.2, 0.25) is 5.02 Å². The highest BCUT2D eigenvalue weighted by Crippen LogP contribution is 2.11. The molecule has 0 spiro atoms. The van der Waals surface area contributed by atoms with Gasteiger partial charge in [0.2, 0.25) is 5.95 Å². The van der Waals surface area contributed by atoms with Crippen LogP contribution in [0, 0.1) is 0 Å². The van der Waals surface area contributed by atoms with Gasteiger partial charge < -0.3 is 4.90 Å². The molecule has 1 rings (SSSR count). The second kappa shape index (κ2) is 4.77. The highest BCUT2D eigenvalue weighted by Gasteiger charge is 2.10. The average Bonchev–Trinajstić information content (AvgIpc) is 2.17. The summed E-state index contributed by atoms with van der Waals surface area (Å²) in [6, 6.07) is 0.362. The Hall–Kier alpha value is -0.350. The Morgan fingerprint density at radius 3 is 2.54 bits per heavy atom. The van der Waals surface area contributed by atoms with E-state index in [0.29, 0.717) is 17.0 Å². The lowest BCUT2D eigenvalue weighted by Crippen LogP contribution is -2.31. The Morgan fingerprint density at radius 1 is 1.54 bits per heavy atom. The lowest BCUT2D eigenvalue weighted by Gasteiger charge is -2.22. The van der Waals surface area contributed by atoms with Gasteiger partial charge in [-0.1, -0.05) is 27.5 Å². The zero-order valence-electron chi connectivity index (χ0n) is 7.54. The number of alkyl halides is 1. The fourth-order valence-electron chi connectivity index (χ4n) is 0.788. The third-order valence-corrected chi connectivity index (χ3v) is 2.94. The lowest BCUT2D eigenvalue weighted by atomic mass is 10.4. The predicted molar refractivity (Wildman–Crippen MR) is 58.7 cm³/mol. The monoisotopic (exact) mass is 263 g/mol.